The Bertz CT molecular complexity index is 388. The van der Waals surface area contributed by atoms with Gasteiger partial charge >= 0.3 is 0 Å². The third-order valence-electron chi connectivity index (χ3n) is 2.65. The van der Waals surface area contributed by atoms with E-state index in [-0.39, 0.29) is 5.82 Å². The number of nitrogens with one attached hydrogen (secondary N) is 1. The fraction of sp³-hybridized carbons (Fsp3) is 0.364. The van der Waals surface area contributed by atoms with Crippen molar-refractivity contribution in [1.29, 1.82) is 0 Å². The number of hydrogen-bond acceptors (Lipinski definition) is 2. The molecule has 15 heavy (non-hydrogen) atoms. The number of carbonyl (C=O) groups is 1. The standard InChI is InChI=1S/C11H12FNO2/c12-9-3-1-2-8(6-9)11(4-5-11)13-10(15)7-14/h1-3,6,14H,4-5,7H2,(H,13,15). The number of aliphatic hydroxyl groups is 1. The summed E-state index contributed by atoms with van der Waals surface area (Å²) in [6.07, 6.45) is 1.59. The van der Waals surface area contributed by atoms with Crippen molar-refractivity contribution in [1.82, 2.24) is 5.32 Å². The zero-order valence-corrected chi connectivity index (χ0v) is 8.16. The smallest absolute Gasteiger partial charge is 0.246 e. The van der Waals surface area contributed by atoms with Gasteiger partial charge in [0.2, 0.25) is 5.91 Å². The van der Waals surface area contributed by atoms with Gasteiger partial charge in [0, 0.05) is 0 Å². The molecule has 0 heterocycles. The minimum Gasteiger partial charge on any atom is -0.387 e. The first kappa shape index (κ1) is 10.1. The fourth-order valence-electron chi connectivity index (χ4n) is 1.70. The van der Waals surface area contributed by atoms with E-state index in [1.165, 1.54) is 12.1 Å². The van der Waals surface area contributed by atoms with Gasteiger partial charge in [-0.05, 0) is 30.5 Å². The van der Waals surface area contributed by atoms with Crippen LogP contribution in [0.1, 0.15) is 18.4 Å². The van der Waals surface area contributed by atoms with E-state index >= 15 is 0 Å². The van der Waals surface area contributed by atoms with Crippen molar-refractivity contribution in [2.75, 3.05) is 6.61 Å². The van der Waals surface area contributed by atoms with Gasteiger partial charge in [0.15, 0.2) is 0 Å². The lowest BCUT2D eigenvalue weighted by Crippen LogP contribution is -2.36. The van der Waals surface area contributed by atoms with Gasteiger partial charge in [-0.25, -0.2) is 4.39 Å². The zero-order valence-electron chi connectivity index (χ0n) is 8.16. The first-order valence-corrected chi connectivity index (χ1v) is 4.84. The maximum atomic E-state index is 13.0. The normalized spacial score (nSPS) is 17.2. The van der Waals surface area contributed by atoms with Crippen LogP contribution in [-0.4, -0.2) is 17.6 Å². The van der Waals surface area contributed by atoms with E-state index in [0.717, 1.165) is 18.4 Å². The van der Waals surface area contributed by atoms with Gasteiger partial charge in [0.25, 0.3) is 0 Å². The van der Waals surface area contributed by atoms with E-state index in [1.54, 1.807) is 12.1 Å². The highest BCUT2D eigenvalue weighted by Gasteiger charge is 2.45. The number of carbonyl (C=O) groups excluding carboxylic acids is 1. The van der Waals surface area contributed by atoms with Crippen LogP contribution in [0.25, 0.3) is 0 Å². The Labute approximate surface area is 86.9 Å². The lowest BCUT2D eigenvalue weighted by molar-refractivity contribution is -0.124. The third kappa shape index (κ3) is 1.99. The van der Waals surface area contributed by atoms with Crippen molar-refractivity contribution in [3.8, 4) is 0 Å². The van der Waals surface area contributed by atoms with E-state index in [1.807, 2.05) is 0 Å². The van der Waals surface area contributed by atoms with Crippen molar-refractivity contribution < 1.29 is 14.3 Å². The van der Waals surface area contributed by atoms with Gasteiger partial charge in [0.05, 0.1) is 5.54 Å². The Kier molecular flexibility index (Phi) is 2.44. The van der Waals surface area contributed by atoms with Gasteiger partial charge < -0.3 is 10.4 Å². The SMILES string of the molecule is O=C(CO)NC1(c2cccc(F)c2)CC1. The summed E-state index contributed by atoms with van der Waals surface area (Å²) in [5.74, 6) is -0.728. The first-order chi connectivity index (χ1) is 7.16. The number of halogens is 1. The Morgan fingerprint density at radius 3 is 2.80 bits per heavy atom. The number of hydrogen-bond donors (Lipinski definition) is 2. The molecule has 2 rings (SSSR count). The first-order valence-electron chi connectivity index (χ1n) is 4.84. The molecule has 80 valence electrons. The lowest BCUT2D eigenvalue weighted by atomic mass is 10.0. The summed E-state index contributed by atoms with van der Waals surface area (Å²) in [7, 11) is 0. The molecule has 0 unspecified atom stereocenters. The van der Waals surface area contributed by atoms with Crippen LogP contribution < -0.4 is 5.32 Å². The van der Waals surface area contributed by atoms with Crippen molar-refractivity contribution >= 4 is 5.91 Å². The molecule has 0 atom stereocenters. The summed E-state index contributed by atoms with van der Waals surface area (Å²) in [6.45, 7) is -0.531. The molecule has 1 aromatic rings. The molecule has 1 saturated carbocycles. The Balaban J connectivity index is 2.19. The van der Waals surface area contributed by atoms with Crippen molar-refractivity contribution in [3.05, 3.63) is 35.6 Å². The molecule has 0 aliphatic heterocycles. The van der Waals surface area contributed by atoms with Crippen LogP contribution in [0.5, 0.6) is 0 Å². The third-order valence-corrected chi connectivity index (χ3v) is 2.65. The molecular formula is C11H12FNO2. The van der Waals surface area contributed by atoms with E-state index in [4.69, 9.17) is 5.11 Å². The lowest BCUT2D eigenvalue weighted by Gasteiger charge is -2.17. The van der Waals surface area contributed by atoms with Crippen molar-refractivity contribution in [3.63, 3.8) is 0 Å². The van der Waals surface area contributed by atoms with Gasteiger partial charge in [-0.1, -0.05) is 12.1 Å². The number of aliphatic hydroxyl groups excluding tert-OH is 1. The van der Waals surface area contributed by atoms with Gasteiger partial charge in [-0.3, -0.25) is 4.79 Å². The number of rotatable bonds is 3. The highest BCUT2D eigenvalue weighted by atomic mass is 19.1. The topological polar surface area (TPSA) is 49.3 Å². The van der Waals surface area contributed by atoms with Crippen LogP contribution in [-0.2, 0) is 10.3 Å². The van der Waals surface area contributed by atoms with Crippen molar-refractivity contribution in [2.45, 2.75) is 18.4 Å². The maximum absolute atomic E-state index is 13.0. The Morgan fingerprint density at radius 1 is 1.53 bits per heavy atom. The summed E-state index contributed by atoms with van der Waals surface area (Å²) in [5, 5.41) is 11.3. The van der Waals surface area contributed by atoms with Crippen LogP contribution in [0, 0.1) is 5.82 Å². The average Bonchev–Trinajstić information content (AvgIpc) is 2.99. The van der Waals surface area contributed by atoms with Crippen LogP contribution in [0.4, 0.5) is 4.39 Å². The fourth-order valence-corrected chi connectivity index (χ4v) is 1.70. The molecule has 1 aliphatic carbocycles. The summed E-state index contributed by atoms with van der Waals surface area (Å²) >= 11 is 0. The molecule has 0 radical (unpaired) electrons. The summed E-state index contributed by atoms with van der Waals surface area (Å²) in [6, 6.07) is 6.20. The molecular weight excluding hydrogens is 197 g/mol. The number of benzene rings is 1. The molecule has 0 aromatic heterocycles. The minimum absolute atomic E-state index is 0.308. The van der Waals surface area contributed by atoms with Crippen LogP contribution >= 0.6 is 0 Å². The Hall–Kier alpha value is -1.42. The predicted molar refractivity (Wildman–Crippen MR) is 52.5 cm³/mol. The van der Waals surface area contributed by atoms with Crippen molar-refractivity contribution in [2.24, 2.45) is 0 Å². The molecule has 3 nitrogen and oxygen atoms in total. The van der Waals surface area contributed by atoms with Crippen LogP contribution in [0.3, 0.4) is 0 Å². The predicted octanol–water partition coefficient (Wildman–Crippen LogP) is 0.923. The zero-order chi connectivity index (χ0) is 10.9. The van der Waals surface area contributed by atoms with Crippen LogP contribution in [0.15, 0.2) is 24.3 Å². The second-order valence-electron chi connectivity index (χ2n) is 3.80. The Morgan fingerprint density at radius 2 is 2.27 bits per heavy atom. The van der Waals surface area contributed by atoms with E-state index in [2.05, 4.69) is 5.32 Å². The molecule has 4 heteroatoms. The maximum Gasteiger partial charge on any atom is 0.246 e. The highest BCUT2D eigenvalue weighted by molar-refractivity contribution is 5.78. The van der Waals surface area contributed by atoms with Gasteiger partial charge in [-0.2, -0.15) is 0 Å². The average molecular weight is 209 g/mol. The van der Waals surface area contributed by atoms with Gasteiger partial charge in [-0.15, -0.1) is 0 Å². The van der Waals surface area contributed by atoms with E-state index in [9.17, 15) is 9.18 Å². The van der Waals surface area contributed by atoms with E-state index < -0.39 is 18.1 Å². The summed E-state index contributed by atoms with van der Waals surface area (Å²) < 4.78 is 13.0. The van der Waals surface area contributed by atoms with E-state index in [0.29, 0.717) is 0 Å². The second kappa shape index (κ2) is 3.62. The molecule has 1 aliphatic rings. The summed E-state index contributed by atoms with van der Waals surface area (Å²) in [5.41, 5.74) is 0.325. The second-order valence-corrected chi connectivity index (χ2v) is 3.80. The quantitative estimate of drug-likeness (QED) is 0.777. The molecule has 1 amide bonds. The molecule has 0 spiro atoms. The minimum atomic E-state index is -0.531. The summed E-state index contributed by atoms with van der Waals surface area (Å²) in [4.78, 5) is 11.1. The molecule has 0 saturated heterocycles. The largest absolute Gasteiger partial charge is 0.387 e. The number of amides is 1. The molecule has 1 aromatic carbocycles. The van der Waals surface area contributed by atoms with Crippen LogP contribution in [0.2, 0.25) is 0 Å². The molecule has 2 N–H and O–H groups in total. The molecule has 0 bridgehead atoms. The highest BCUT2D eigenvalue weighted by Crippen LogP contribution is 2.45. The monoisotopic (exact) mass is 209 g/mol. The molecule has 1 fully saturated rings. The van der Waals surface area contributed by atoms with Gasteiger partial charge in [0.1, 0.15) is 12.4 Å².